The highest BCUT2D eigenvalue weighted by atomic mass is 79.9. The molecule has 146 valence electrons. The van der Waals surface area contributed by atoms with Gasteiger partial charge in [0.1, 0.15) is 0 Å². The lowest BCUT2D eigenvalue weighted by Crippen LogP contribution is -2.12. The van der Waals surface area contributed by atoms with Crippen LogP contribution in [0, 0.1) is 0 Å². The Labute approximate surface area is 174 Å². The molecule has 0 aliphatic carbocycles. The Kier molecular flexibility index (Phi) is 6.15. The van der Waals surface area contributed by atoms with Crippen molar-refractivity contribution in [1.29, 1.82) is 0 Å². The fourth-order valence-corrected chi connectivity index (χ4v) is 4.05. The zero-order valence-electron chi connectivity index (χ0n) is 15.5. The Bertz CT molecular complexity index is 1050. The SMILES string of the molecule is CCOc1c(Br)cc(C(=O)Nc2ccc3nc(NC(C)=O)sc3c2)cc1OC. The van der Waals surface area contributed by atoms with E-state index in [-0.39, 0.29) is 11.8 Å². The van der Waals surface area contributed by atoms with Gasteiger partial charge in [0.25, 0.3) is 5.91 Å². The van der Waals surface area contributed by atoms with Crippen molar-refractivity contribution < 1.29 is 19.1 Å². The highest BCUT2D eigenvalue weighted by molar-refractivity contribution is 9.10. The van der Waals surface area contributed by atoms with Gasteiger partial charge in [-0.3, -0.25) is 9.59 Å². The number of hydrogen-bond acceptors (Lipinski definition) is 6. The third kappa shape index (κ3) is 4.42. The molecule has 2 amide bonds. The van der Waals surface area contributed by atoms with Crippen LogP contribution in [0.25, 0.3) is 10.2 Å². The van der Waals surface area contributed by atoms with Gasteiger partial charge in [-0.2, -0.15) is 0 Å². The van der Waals surface area contributed by atoms with E-state index < -0.39 is 0 Å². The first-order valence-corrected chi connectivity index (χ1v) is 10.0. The molecule has 7 nitrogen and oxygen atoms in total. The Balaban J connectivity index is 1.84. The summed E-state index contributed by atoms with van der Waals surface area (Å²) in [5.74, 6) is 0.563. The van der Waals surface area contributed by atoms with Gasteiger partial charge < -0.3 is 20.1 Å². The summed E-state index contributed by atoms with van der Waals surface area (Å²) in [6.45, 7) is 3.79. The predicted molar refractivity (Wildman–Crippen MR) is 114 cm³/mol. The van der Waals surface area contributed by atoms with Gasteiger partial charge in [0.15, 0.2) is 16.6 Å². The largest absolute Gasteiger partial charge is 0.493 e. The highest BCUT2D eigenvalue weighted by Crippen LogP contribution is 2.37. The molecule has 0 spiro atoms. The van der Waals surface area contributed by atoms with Crippen LogP contribution in [-0.4, -0.2) is 30.5 Å². The van der Waals surface area contributed by atoms with Gasteiger partial charge in [-0.1, -0.05) is 11.3 Å². The Hall–Kier alpha value is -2.65. The zero-order valence-corrected chi connectivity index (χ0v) is 17.9. The molecule has 0 saturated carbocycles. The van der Waals surface area contributed by atoms with Crippen molar-refractivity contribution in [2.75, 3.05) is 24.4 Å². The van der Waals surface area contributed by atoms with Crippen LogP contribution in [0.1, 0.15) is 24.2 Å². The fraction of sp³-hybridized carbons (Fsp3) is 0.211. The number of hydrogen-bond donors (Lipinski definition) is 2. The zero-order chi connectivity index (χ0) is 20.3. The van der Waals surface area contributed by atoms with Crippen LogP contribution >= 0.6 is 27.3 Å². The van der Waals surface area contributed by atoms with Crippen LogP contribution < -0.4 is 20.1 Å². The summed E-state index contributed by atoms with van der Waals surface area (Å²) in [6.07, 6.45) is 0. The van der Waals surface area contributed by atoms with E-state index in [1.807, 2.05) is 13.0 Å². The third-order valence-corrected chi connectivity index (χ3v) is 5.23. The number of thiazole rings is 1. The van der Waals surface area contributed by atoms with Gasteiger partial charge in [-0.15, -0.1) is 0 Å². The summed E-state index contributed by atoms with van der Waals surface area (Å²) in [6, 6.07) is 8.69. The molecule has 9 heteroatoms. The van der Waals surface area contributed by atoms with Crippen molar-refractivity contribution in [2.24, 2.45) is 0 Å². The lowest BCUT2D eigenvalue weighted by molar-refractivity contribution is -0.114. The summed E-state index contributed by atoms with van der Waals surface area (Å²) in [4.78, 5) is 28.2. The molecule has 0 fully saturated rings. The number of fused-ring (bicyclic) bond motifs is 1. The number of rotatable bonds is 6. The van der Waals surface area contributed by atoms with E-state index in [1.165, 1.54) is 25.4 Å². The molecule has 0 atom stereocenters. The molecule has 2 aromatic carbocycles. The van der Waals surface area contributed by atoms with Crippen LogP contribution in [-0.2, 0) is 4.79 Å². The minimum atomic E-state index is -0.284. The maximum absolute atomic E-state index is 12.7. The van der Waals surface area contributed by atoms with E-state index in [4.69, 9.17) is 9.47 Å². The van der Waals surface area contributed by atoms with E-state index in [9.17, 15) is 9.59 Å². The first kappa shape index (κ1) is 20.1. The Morgan fingerprint density at radius 2 is 2.00 bits per heavy atom. The third-order valence-electron chi connectivity index (χ3n) is 3.71. The van der Waals surface area contributed by atoms with Crippen LogP contribution in [0.5, 0.6) is 11.5 Å². The van der Waals surface area contributed by atoms with Crippen molar-refractivity contribution in [3.05, 3.63) is 40.4 Å². The molecule has 3 aromatic rings. The standard InChI is InChI=1S/C19H18BrN3O4S/c1-4-27-17-13(20)7-11(8-15(17)26-3)18(25)22-12-5-6-14-16(9-12)28-19(23-14)21-10(2)24/h5-9H,4H2,1-3H3,(H,22,25)(H,21,23,24). The van der Waals surface area contributed by atoms with Crippen LogP contribution in [0.15, 0.2) is 34.8 Å². The Morgan fingerprint density at radius 3 is 2.68 bits per heavy atom. The quantitative estimate of drug-likeness (QED) is 0.553. The first-order valence-electron chi connectivity index (χ1n) is 8.41. The summed E-state index contributed by atoms with van der Waals surface area (Å²) in [7, 11) is 1.52. The van der Waals surface area contributed by atoms with E-state index >= 15 is 0 Å². The number of carbonyl (C=O) groups excluding carboxylic acids is 2. The summed E-state index contributed by atoms with van der Waals surface area (Å²) in [5.41, 5.74) is 1.80. The van der Waals surface area contributed by atoms with Gasteiger partial charge in [0, 0.05) is 18.2 Å². The summed E-state index contributed by atoms with van der Waals surface area (Å²) < 4.78 is 12.4. The lowest BCUT2D eigenvalue weighted by atomic mass is 10.1. The number of methoxy groups -OCH3 is 1. The molecule has 1 aromatic heterocycles. The van der Waals surface area contributed by atoms with Crippen molar-refractivity contribution in [1.82, 2.24) is 4.98 Å². The normalized spacial score (nSPS) is 10.6. The van der Waals surface area contributed by atoms with E-state index in [0.717, 1.165) is 10.2 Å². The van der Waals surface area contributed by atoms with E-state index in [1.54, 1.807) is 24.3 Å². The molecular formula is C19H18BrN3O4S. The number of nitrogens with zero attached hydrogens (tertiary/aromatic N) is 1. The first-order chi connectivity index (χ1) is 13.4. The van der Waals surface area contributed by atoms with E-state index in [0.29, 0.717) is 39.0 Å². The Morgan fingerprint density at radius 1 is 1.21 bits per heavy atom. The second kappa shape index (κ2) is 8.57. The number of nitrogens with one attached hydrogen (secondary N) is 2. The molecule has 0 bridgehead atoms. The van der Waals surface area contributed by atoms with Crippen molar-refractivity contribution in [3.8, 4) is 11.5 Å². The number of amides is 2. The van der Waals surface area contributed by atoms with Gasteiger partial charge in [-0.25, -0.2) is 4.98 Å². The summed E-state index contributed by atoms with van der Waals surface area (Å²) >= 11 is 4.76. The summed E-state index contributed by atoms with van der Waals surface area (Å²) in [5, 5.41) is 6.05. The van der Waals surface area contributed by atoms with Gasteiger partial charge in [-0.05, 0) is 53.2 Å². The average molecular weight is 464 g/mol. The fourth-order valence-electron chi connectivity index (χ4n) is 2.55. The second-order valence-electron chi connectivity index (χ2n) is 5.76. The topological polar surface area (TPSA) is 89.5 Å². The molecule has 0 unspecified atom stereocenters. The predicted octanol–water partition coefficient (Wildman–Crippen LogP) is 4.68. The van der Waals surface area contributed by atoms with Gasteiger partial charge in [0.05, 0.1) is 28.4 Å². The number of aromatic nitrogens is 1. The number of carbonyl (C=O) groups is 2. The van der Waals surface area contributed by atoms with Crippen LogP contribution in [0.3, 0.4) is 0 Å². The molecule has 0 radical (unpaired) electrons. The van der Waals surface area contributed by atoms with Crippen molar-refractivity contribution >= 4 is 60.1 Å². The molecule has 0 aliphatic heterocycles. The average Bonchev–Trinajstić information content (AvgIpc) is 3.03. The molecule has 0 aliphatic rings. The number of anilines is 2. The molecule has 1 heterocycles. The molecule has 3 rings (SSSR count). The molecular weight excluding hydrogens is 446 g/mol. The molecule has 28 heavy (non-hydrogen) atoms. The van der Waals surface area contributed by atoms with Gasteiger partial charge in [0.2, 0.25) is 5.91 Å². The number of ether oxygens (including phenoxy) is 2. The van der Waals surface area contributed by atoms with Gasteiger partial charge >= 0.3 is 0 Å². The molecule has 0 saturated heterocycles. The van der Waals surface area contributed by atoms with Crippen molar-refractivity contribution in [3.63, 3.8) is 0 Å². The number of benzene rings is 2. The van der Waals surface area contributed by atoms with Crippen molar-refractivity contribution in [2.45, 2.75) is 13.8 Å². The monoisotopic (exact) mass is 463 g/mol. The minimum Gasteiger partial charge on any atom is -0.493 e. The minimum absolute atomic E-state index is 0.178. The molecule has 2 N–H and O–H groups in total. The van der Waals surface area contributed by atoms with E-state index in [2.05, 4.69) is 31.5 Å². The smallest absolute Gasteiger partial charge is 0.255 e. The maximum Gasteiger partial charge on any atom is 0.255 e. The maximum atomic E-state index is 12.7. The second-order valence-corrected chi connectivity index (χ2v) is 7.64. The highest BCUT2D eigenvalue weighted by Gasteiger charge is 2.16. The van der Waals surface area contributed by atoms with Crippen LogP contribution in [0.2, 0.25) is 0 Å². The van der Waals surface area contributed by atoms with Crippen LogP contribution in [0.4, 0.5) is 10.8 Å². The number of halogens is 1. The lowest BCUT2D eigenvalue weighted by Gasteiger charge is -2.13.